The first kappa shape index (κ1) is 31.7. The fourth-order valence-corrected chi connectivity index (χ4v) is 9.78. The highest BCUT2D eigenvalue weighted by Gasteiger charge is 2.43. The number of nitrogens with one attached hydrogen (secondary N) is 4. The second kappa shape index (κ2) is 14.0. The van der Waals surface area contributed by atoms with E-state index in [-0.39, 0.29) is 24.0 Å². The number of H-pyrrole nitrogens is 1. The van der Waals surface area contributed by atoms with Crippen LogP contribution in [0.5, 0.6) is 0 Å². The van der Waals surface area contributed by atoms with Gasteiger partial charge in [-0.1, -0.05) is 38.3 Å². The SMILES string of the molecule is CCC(CNC(=O)CCCCC1SCC2NC(=O)NC21)CC(CC)N1CCC2(CCN(c3ncnc4[nH]cc(Cl)c34)C2)CC1. The van der Waals surface area contributed by atoms with Crippen LogP contribution in [0.3, 0.4) is 0 Å². The zero-order chi connectivity index (χ0) is 30.7. The van der Waals surface area contributed by atoms with Gasteiger partial charge in [-0.05, 0) is 69.4 Å². The lowest BCUT2D eigenvalue weighted by atomic mass is 9.77. The van der Waals surface area contributed by atoms with Gasteiger partial charge in [0.05, 0.1) is 22.5 Å². The number of fused-ring (bicyclic) bond motifs is 2. The fourth-order valence-electron chi connectivity index (χ4n) is 8.01. The third-order valence-corrected chi connectivity index (χ3v) is 12.6. The number of amides is 3. The zero-order valence-electron chi connectivity index (χ0n) is 26.2. The number of halogens is 1. The monoisotopic (exact) mass is 644 g/mol. The molecule has 0 aromatic carbocycles. The van der Waals surface area contributed by atoms with E-state index < -0.39 is 0 Å². The summed E-state index contributed by atoms with van der Waals surface area (Å²) in [5, 5.41) is 11.4. The van der Waals surface area contributed by atoms with Gasteiger partial charge in [-0.2, -0.15) is 11.8 Å². The lowest BCUT2D eigenvalue weighted by Crippen LogP contribution is -2.47. The minimum atomic E-state index is -0.0331. The van der Waals surface area contributed by atoms with Crippen molar-refractivity contribution in [3.63, 3.8) is 0 Å². The Hall–Kier alpha value is -2.24. The summed E-state index contributed by atoms with van der Waals surface area (Å²) in [5.41, 5.74) is 1.14. The molecule has 12 heteroatoms. The predicted molar refractivity (Wildman–Crippen MR) is 178 cm³/mol. The Labute approximate surface area is 270 Å². The molecule has 4 aliphatic rings. The molecule has 4 fully saturated rings. The number of carbonyl (C=O) groups excluding carboxylic acids is 2. The molecule has 242 valence electrons. The quantitative estimate of drug-likeness (QED) is 0.180. The van der Waals surface area contributed by atoms with E-state index in [1.165, 1.54) is 19.3 Å². The van der Waals surface area contributed by atoms with Gasteiger partial charge in [-0.15, -0.1) is 0 Å². The average Bonchev–Trinajstić information content (AvgIpc) is 3.81. The van der Waals surface area contributed by atoms with E-state index in [0.717, 1.165) is 93.9 Å². The summed E-state index contributed by atoms with van der Waals surface area (Å²) in [5.74, 6) is 2.62. The maximum Gasteiger partial charge on any atom is 0.315 e. The van der Waals surface area contributed by atoms with Crippen molar-refractivity contribution >= 4 is 52.2 Å². The molecule has 44 heavy (non-hydrogen) atoms. The van der Waals surface area contributed by atoms with E-state index in [2.05, 4.69) is 54.5 Å². The van der Waals surface area contributed by atoms with Crippen molar-refractivity contribution in [1.29, 1.82) is 0 Å². The second-order valence-electron chi connectivity index (χ2n) is 13.5. The van der Waals surface area contributed by atoms with Gasteiger partial charge in [0.2, 0.25) is 5.91 Å². The maximum atomic E-state index is 12.7. The number of hydrogen-bond acceptors (Lipinski definition) is 7. The van der Waals surface area contributed by atoms with Gasteiger partial charge < -0.3 is 30.7 Å². The summed E-state index contributed by atoms with van der Waals surface area (Å²) in [7, 11) is 0. The van der Waals surface area contributed by atoms with Crippen LogP contribution in [0.25, 0.3) is 11.0 Å². The van der Waals surface area contributed by atoms with Crippen molar-refractivity contribution in [2.45, 2.75) is 101 Å². The van der Waals surface area contributed by atoms with Crippen LogP contribution in [0, 0.1) is 11.3 Å². The van der Waals surface area contributed by atoms with E-state index in [1.807, 2.05) is 11.8 Å². The number of unbranched alkanes of at least 4 members (excludes halogenated alkanes) is 1. The lowest BCUT2D eigenvalue weighted by molar-refractivity contribution is -0.121. The molecule has 0 aliphatic carbocycles. The van der Waals surface area contributed by atoms with E-state index >= 15 is 0 Å². The van der Waals surface area contributed by atoms with Crippen molar-refractivity contribution in [3.8, 4) is 0 Å². The molecule has 4 saturated heterocycles. The molecule has 0 bridgehead atoms. The van der Waals surface area contributed by atoms with Crippen molar-refractivity contribution in [2.24, 2.45) is 11.3 Å². The molecule has 3 amide bonds. The Bertz CT molecular complexity index is 1300. The molecular formula is C32H49ClN8O2S. The molecular weight excluding hydrogens is 596 g/mol. The Morgan fingerprint density at radius 1 is 1.16 bits per heavy atom. The molecule has 0 saturated carbocycles. The molecule has 4 N–H and O–H groups in total. The first-order chi connectivity index (χ1) is 21.4. The standard InChI is InChI=1S/C32H49ClN8O2S/c1-3-21(16-34-26(42)8-6-5-7-25-28-24(18-44-25)38-31(43)39-28)15-22(4-2)40-12-9-32(10-13-40)11-14-41(19-32)30-27-23(33)17-35-29(27)36-20-37-30/h17,20-22,24-25,28H,3-16,18-19H2,1-2H3,(H,34,42)(H,35,36,37)(H2,38,39,43). The van der Waals surface area contributed by atoms with Crippen LogP contribution in [-0.2, 0) is 4.79 Å². The summed E-state index contributed by atoms with van der Waals surface area (Å²) in [6, 6.07) is 1.04. The Morgan fingerprint density at radius 2 is 1.98 bits per heavy atom. The molecule has 2 aromatic heterocycles. The van der Waals surface area contributed by atoms with E-state index in [1.54, 1.807) is 12.5 Å². The van der Waals surface area contributed by atoms with E-state index in [9.17, 15) is 9.59 Å². The fraction of sp³-hybridized carbons (Fsp3) is 0.750. The number of likely N-dealkylation sites (tertiary alicyclic amines) is 1. The predicted octanol–water partition coefficient (Wildman–Crippen LogP) is 4.94. The number of hydrogen-bond donors (Lipinski definition) is 4. The summed E-state index contributed by atoms with van der Waals surface area (Å²) in [6.07, 6.45) is 14.0. The number of thioether (sulfide) groups is 1. The van der Waals surface area contributed by atoms with E-state index in [4.69, 9.17) is 11.6 Å². The smallest absolute Gasteiger partial charge is 0.315 e. The summed E-state index contributed by atoms with van der Waals surface area (Å²) in [4.78, 5) is 41.6. The lowest BCUT2D eigenvalue weighted by Gasteiger charge is -2.43. The van der Waals surface area contributed by atoms with Crippen LogP contribution < -0.4 is 20.9 Å². The summed E-state index contributed by atoms with van der Waals surface area (Å²) in [6.45, 7) is 9.66. The number of aromatic nitrogens is 3. The molecule has 6 rings (SSSR count). The third kappa shape index (κ3) is 6.94. The van der Waals surface area contributed by atoms with Gasteiger partial charge in [-0.25, -0.2) is 14.8 Å². The molecule has 5 atom stereocenters. The van der Waals surface area contributed by atoms with Gasteiger partial charge >= 0.3 is 6.03 Å². The Balaban J connectivity index is 0.912. The Morgan fingerprint density at radius 3 is 2.77 bits per heavy atom. The minimum absolute atomic E-state index is 0.0331. The largest absolute Gasteiger partial charge is 0.356 e. The molecule has 5 unspecified atom stereocenters. The highest BCUT2D eigenvalue weighted by molar-refractivity contribution is 8.00. The number of anilines is 1. The molecule has 0 radical (unpaired) electrons. The minimum Gasteiger partial charge on any atom is -0.356 e. The van der Waals surface area contributed by atoms with Gasteiger partial charge in [0.25, 0.3) is 0 Å². The number of nitrogens with zero attached hydrogens (tertiary/aromatic N) is 4. The van der Waals surface area contributed by atoms with Crippen LogP contribution in [0.4, 0.5) is 10.6 Å². The topological polar surface area (TPSA) is 118 Å². The van der Waals surface area contributed by atoms with Crippen molar-refractivity contribution in [2.75, 3.05) is 43.4 Å². The normalized spacial score (nSPS) is 26.1. The molecule has 10 nitrogen and oxygen atoms in total. The summed E-state index contributed by atoms with van der Waals surface area (Å²) >= 11 is 8.43. The first-order valence-corrected chi connectivity index (χ1v) is 18.2. The van der Waals surface area contributed by atoms with Crippen molar-refractivity contribution in [1.82, 2.24) is 35.8 Å². The van der Waals surface area contributed by atoms with Crippen LogP contribution in [0.1, 0.15) is 78.1 Å². The van der Waals surface area contributed by atoms with Crippen LogP contribution >= 0.6 is 23.4 Å². The second-order valence-corrected chi connectivity index (χ2v) is 15.2. The number of urea groups is 1. The molecule has 1 spiro atoms. The third-order valence-electron chi connectivity index (χ3n) is 10.8. The molecule has 4 aliphatic heterocycles. The highest BCUT2D eigenvalue weighted by Crippen LogP contribution is 2.44. The van der Waals surface area contributed by atoms with Crippen molar-refractivity contribution < 1.29 is 9.59 Å². The number of carbonyl (C=O) groups is 2. The van der Waals surface area contributed by atoms with Crippen molar-refractivity contribution in [3.05, 3.63) is 17.5 Å². The Kier molecular flexibility index (Phi) is 10.1. The van der Waals surface area contributed by atoms with E-state index in [0.29, 0.717) is 34.1 Å². The highest BCUT2D eigenvalue weighted by atomic mass is 35.5. The first-order valence-electron chi connectivity index (χ1n) is 16.8. The molecule has 6 heterocycles. The number of aromatic amines is 1. The van der Waals surface area contributed by atoms with Crippen LogP contribution in [0.15, 0.2) is 12.5 Å². The average molecular weight is 645 g/mol. The maximum absolute atomic E-state index is 12.7. The van der Waals surface area contributed by atoms with Gasteiger partial charge in [0.1, 0.15) is 17.8 Å². The summed E-state index contributed by atoms with van der Waals surface area (Å²) < 4.78 is 0. The van der Waals surface area contributed by atoms with Crippen LogP contribution in [-0.4, -0.2) is 93.6 Å². The van der Waals surface area contributed by atoms with Crippen LogP contribution in [0.2, 0.25) is 5.02 Å². The molecule has 2 aromatic rings. The number of piperidine rings is 1. The number of rotatable bonds is 13. The van der Waals surface area contributed by atoms with Gasteiger partial charge in [0, 0.05) is 49.3 Å². The zero-order valence-corrected chi connectivity index (χ0v) is 27.8. The van der Waals surface area contributed by atoms with Gasteiger partial charge in [0.15, 0.2) is 0 Å². The van der Waals surface area contributed by atoms with Gasteiger partial charge in [-0.3, -0.25) is 4.79 Å².